The van der Waals surface area contributed by atoms with Gasteiger partial charge in [0.2, 0.25) is 0 Å². The number of nitrogens with zero attached hydrogens (tertiary/aromatic N) is 2. The molecular formula is C15H24N4O2. The first kappa shape index (κ1) is 16.9. The summed E-state index contributed by atoms with van der Waals surface area (Å²) in [6.07, 6.45) is 0. The summed E-state index contributed by atoms with van der Waals surface area (Å²) in [5.41, 5.74) is -0.728. The van der Waals surface area contributed by atoms with Gasteiger partial charge in [-0.1, -0.05) is 18.2 Å². The van der Waals surface area contributed by atoms with Gasteiger partial charge in [0.15, 0.2) is 0 Å². The smallest absolute Gasteiger partial charge is 0.316 e. The van der Waals surface area contributed by atoms with Gasteiger partial charge in [-0.3, -0.25) is 0 Å². The first-order valence-electron chi connectivity index (χ1n) is 7.05. The van der Waals surface area contributed by atoms with Gasteiger partial charge >= 0.3 is 6.03 Å². The average Bonchev–Trinajstić information content (AvgIpc) is 2.42. The van der Waals surface area contributed by atoms with Crippen LogP contribution in [0.1, 0.15) is 27.7 Å². The molecule has 1 aromatic carbocycles. The zero-order valence-corrected chi connectivity index (χ0v) is 13.1. The number of rotatable bonds is 7. The highest BCUT2D eigenvalue weighted by atomic mass is 16.5. The van der Waals surface area contributed by atoms with Gasteiger partial charge in [-0.05, 0) is 39.8 Å². The Morgan fingerprint density at radius 2 is 1.95 bits per heavy atom. The Labute approximate surface area is 126 Å². The lowest BCUT2D eigenvalue weighted by atomic mass is 10.3. The van der Waals surface area contributed by atoms with Crippen molar-refractivity contribution in [2.45, 2.75) is 39.4 Å². The summed E-state index contributed by atoms with van der Waals surface area (Å²) in [5, 5.41) is 13.6. The molecule has 0 aliphatic rings. The van der Waals surface area contributed by atoms with E-state index in [2.05, 4.69) is 20.9 Å². The number of para-hydroxylation sites is 1. The maximum atomic E-state index is 11.7. The standard InChI is InChI=1S/C15H24N4O2/c1-12(2)18-19-15(3,4)17-14(20)16-10-11-21-13-8-6-5-7-9-13/h5-9,12H,10-11H2,1-4H3,(H2,16,17,20)/b19-18+. The summed E-state index contributed by atoms with van der Waals surface area (Å²) in [7, 11) is 0. The Morgan fingerprint density at radius 1 is 1.29 bits per heavy atom. The summed E-state index contributed by atoms with van der Waals surface area (Å²) in [4.78, 5) is 11.7. The minimum atomic E-state index is -0.728. The molecule has 1 aromatic rings. The summed E-state index contributed by atoms with van der Waals surface area (Å²) >= 11 is 0. The Bertz CT molecular complexity index is 458. The largest absolute Gasteiger partial charge is 0.492 e. The van der Waals surface area contributed by atoms with E-state index in [0.717, 1.165) is 5.75 Å². The molecule has 0 radical (unpaired) electrons. The van der Waals surface area contributed by atoms with E-state index in [9.17, 15) is 4.79 Å². The molecule has 0 heterocycles. The highest BCUT2D eigenvalue weighted by Gasteiger charge is 2.19. The highest BCUT2D eigenvalue weighted by Crippen LogP contribution is 2.07. The number of hydrogen-bond acceptors (Lipinski definition) is 4. The van der Waals surface area contributed by atoms with Crippen LogP contribution in [-0.4, -0.2) is 30.9 Å². The first-order valence-corrected chi connectivity index (χ1v) is 7.05. The fourth-order valence-electron chi connectivity index (χ4n) is 1.46. The minimum absolute atomic E-state index is 0.105. The van der Waals surface area contributed by atoms with Crippen LogP contribution in [0.3, 0.4) is 0 Å². The van der Waals surface area contributed by atoms with Gasteiger partial charge in [0.1, 0.15) is 18.0 Å². The molecule has 0 aliphatic heterocycles. The average molecular weight is 292 g/mol. The van der Waals surface area contributed by atoms with E-state index < -0.39 is 5.66 Å². The van der Waals surface area contributed by atoms with Crippen molar-refractivity contribution >= 4 is 6.03 Å². The van der Waals surface area contributed by atoms with Crippen LogP contribution in [0.5, 0.6) is 5.75 Å². The second-order valence-corrected chi connectivity index (χ2v) is 5.41. The fraction of sp³-hybridized carbons (Fsp3) is 0.533. The van der Waals surface area contributed by atoms with Crippen molar-refractivity contribution < 1.29 is 9.53 Å². The van der Waals surface area contributed by atoms with Crippen molar-refractivity contribution in [2.75, 3.05) is 13.2 Å². The van der Waals surface area contributed by atoms with Gasteiger partial charge in [0.05, 0.1) is 12.6 Å². The van der Waals surface area contributed by atoms with Crippen LogP contribution in [0, 0.1) is 0 Å². The van der Waals surface area contributed by atoms with Crippen LogP contribution >= 0.6 is 0 Å². The van der Waals surface area contributed by atoms with Crippen LogP contribution < -0.4 is 15.4 Å². The molecule has 2 amide bonds. The second-order valence-electron chi connectivity index (χ2n) is 5.41. The molecule has 0 aliphatic carbocycles. The SMILES string of the molecule is CC(C)/N=N/C(C)(C)NC(=O)NCCOc1ccccc1. The molecule has 0 aromatic heterocycles. The quantitative estimate of drug-likeness (QED) is 0.599. The van der Waals surface area contributed by atoms with Crippen LogP contribution in [0.2, 0.25) is 0 Å². The zero-order chi connectivity index (χ0) is 15.7. The van der Waals surface area contributed by atoms with Gasteiger partial charge in [-0.2, -0.15) is 10.2 Å². The monoisotopic (exact) mass is 292 g/mol. The topological polar surface area (TPSA) is 75.1 Å². The van der Waals surface area contributed by atoms with E-state index >= 15 is 0 Å². The number of ether oxygens (including phenoxy) is 1. The Balaban J connectivity index is 2.25. The highest BCUT2D eigenvalue weighted by molar-refractivity contribution is 5.74. The first-order chi connectivity index (χ1) is 9.89. The van der Waals surface area contributed by atoms with E-state index in [1.807, 2.05) is 44.2 Å². The van der Waals surface area contributed by atoms with Crippen LogP contribution in [0.15, 0.2) is 40.6 Å². The molecule has 0 spiro atoms. The van der Waals surface area contributed by atoms with Crippen LogP contribution in [0.25, 0.3) is 0 Å². The molecule has 0 fully saturated rings. The molecule has 21 heavy (non-hydrogen) atoms. The van der Waals surface area contributed by atoms with Gasteiger partial charge in [-0.25, -0.2) is 4.79 Å². The third-order valence-electron chi connectivity index (χ3n) is 2.36. The number of hydrogen-bond donors (Lipinski definition) is 2. The normalized spacial score (nSPS) is 11.7. The van der Waals surface area contributed by atoms with Crippen molar-refractivity contribution in [3.05, 3.63) is 30.3 Å². The number of amides is 2. The minimum Gasteiger partial charge on any atom is -0.492 e. The lowest BCUT2D eigenvalue weighted by molar-refractivity contribution is 0.225. The number of urea groups is 1. The number of carbonyl (C=O) groups excluding carboxylic acids is 1. The third-order valence-corrected chi connectivity index (χ3v) is 2.36. The van der Waals surface area contributed by atoms with Gasteiger partial charge < -0.3 is 15.4 Å². The van der Waals surface area contributed by atoms with Crippen molar-refractivity contribution in [3.8, 4) is 5.75 Å². The molecule has 6 heteroatoms. The number of azo groups is 1. The third kappa shape index (κ3) is 7.91. The zero-order valence-electron chi connectivity index (χ0n) is 13.1. The van der Waals surface area contributed by atoms with Gasteiger partial charge in [0.25, 0.3) is 0 Å². The number of nitrogens with one attached hydrogen (secondary N) is 2. The Hall–Kier alpha value is -2.11. The van der Waals surface area contributed by atoms with Crippen LogP contribution in [-0.2, 0) is 0 Å². The number of benzene rings is 1. The molecule has 0 bridgehead atoms. The van der Waals surface area contributed by atoms with Crippen molar-refractivity contribution in [1.29, 1.82) is 0 Å². The molecule has 2 N–H and O–H groups in total. The molecule has 1 rings (SSSR count). The van der Waals surface area contributed by atoms with E-state index in [1.54, 1.807) is 13.8 Å². The maximum Gasteiger partial charge on any atom is 0.316 e. The molecule has 0 unspecified atom stereocenters. The number of carbonyl (C=O) groups is 1. The fourth-order valence-corrected chi connectivity index (χ4v) is 1.46. The van der Waals surface area contributed by atoms with E-state index in [4.69, 9.17) is 4.74 Å². The predicted molar refractivity (Wildman–Crippen MR) is 82.5 cm³/mol. The van der Waals surface area contributed by atoms with E-state index in [1.165, 1.54) is 0 Å². The van der Waals surface area contributed by atoms with E-state index in [0.29, 0.717) is 13.2 Å². The lowest BCUT2D eigenvalue weighted by Gasteiger charge is -2.20. The molecule has 0 atom stereocenters. The molecular weight excluding hydrogens is 268 g/mol. The molecule has 6 nitrogen and oxygen atoms in total. The predicted octanol–water partition coefficient (Wildman–Crippen LogP) is 2.96. The van der Waals surface area contributed by atoms with Gasteiger partial charge in [0, 0.05) is 0 Å². The van der Waals surface area contributed by atoms with Crippen LogP contribution in [0.4, 0.5) is 4.79 Å². The lowest BCUT2D eigenvalue weighted by Crippen LogP contribution is -2.48. The molecule has 0 saturated carbocycles. The molecule has 0 saturated heterocycles. The molecule has 116 valence electrons. The summed E-state index contributed by atoms with van der Waals surface area (Å²) in [5.74, 6) is 0.783. The second kappa shape index (κ2) is 8.24. The summed E-state index contributed by atoms with van der Waals surface area (Å²) in [6, 6.07) is 9.28. The van der Waals surface area contributed by atoms with Gasteiger partial charge in [-0.15, -0.1) is 0 Å². The summed E-state index contributed by atoms with van der Waals surface area (Å²) < 4.78 is 5.48. The Kier molecular flexibility index (Phi) is 6.65. The van der Waals surface area contributed by atoms with E-state index in [-0.39, 0.29) is 12.1 Å². The van der Waals surface area contributed by atoms with Crippen molar-refractivity contribution in [1.82, 2.24) is 10.6 Å². The van der Waals surface area contributed by atoms with Crippen molar-refractivity contribution in [3.63, 3.8) is 0 Å². The van der Waals surface area contributed by atoms with Crippen molar-refractivity contribution in [2.24, 2.45) is 10.2 Å². The maximum absolute atomic E-state index is 11.7. The summed E-state index contributed by atoms with van der Waals surface area (Å²) in [6.45, 7) is 8.27. The Morgan fingerprint density at radius 3 is 2.57 bits per heavy atom.